The van der Waals surface area contributed by atoms with Gasteiger partial charge in [0.1, 0.15) is 5.82 Å². The maximum Gasteiger partial charge on any atom is 0.253 e. The normalized spacial score (nSPS) is 18.8. The molecule has 0 radical (unpaired) electrons. The van der Waals surface area contributed by atoms with Gasteiger partial charge in [-0.3, -0.25) is 9.89 Å². The van der Waals surface area contributed by atoms with E-state index in [1.807, 2.05) is 36.1 Å². The minimum atomic E-state index is 0.0843. The first kappa shape index (κ1) is 13.8. The van der Waals surface area contributed by atoms with E-state index >= 15 is 0 Å². The fraction of sp³-hybridized carbons (Fsp3) is 0.400. The van der Waals surface area contributed by atoms with Crippen LogP contribution in [0.4, 0.5) is 0 Å². The van der Waals surface area contributed by atoms with E-state index < -0.39 is 0 Å². The smallest absolute Gasteiger partial charge is 0.253 e. The Kier molecular flexibility index (Phi) is 3.70. The lowest BCUT2D eigenvalue weighted by Crippen LogP contribution is -2.51. The van der Waals surface area contributed by atoms with Crippen LogP contribution < -0.4 is 5.32 Å². The lowest BCUT2D eigenvalue weighted by atomic mass is 10.1. The number of nitrogens with one attached hydrogen (secondary N) is 2. The summed E-state index contributed by atoms with van der Waals surface area (Å²) in [7, 11) is 0. The molecule has 6 heteroatoms. The standard InChI is InChI=1S/C15H19N5O/c1-10-9-20(8-7-16-10)15(21)13-5-3-12(4-6-13)14-17-11(2)18-19-14/h3-6,10,16H,7-9H2,1-2H3,(H,17,18,19)/t10-/m1/s1. The molecule has 1 aromatic carbocycles. The van der Waals surface area contributed by atoms with E-state index in [9.17, 15) is 4.79 Å². The van der Waals surface area contributed by atoms with E-state index in [1.54, 1.807) is 0 Å². The average Bonchev–Trinajstić information content (AvgIpc) is 2.93. The fourth-order valence-corrected chi connectivity index (χ4v) is 2.53. The van der Waals surface area contributed by atoms with Gasteiger partial charge >= 0.3 is 0 Å². The van der Waals surface area contributed by atoms with Gasteiger partial charge in [-0.05, 0) is 26.0 Å². The molecule has 6 nitrogen and oxygen atoms in total. The molecule has 0 unspecified atom stereocenters. The predicted molar refractivity (Wildman–Crippen MR) is 79.9 cm³/mol. The summed E-state index contributed by atoms with van der Waals surface area (Å²) in [6.45, 7) is 6.31. The summed E-state index contributed by atoms with van der Waals surface area (Å²) in [6.07, 6.45) is 0. The van der Waals surface area contributed by atoms with E-state index in [1.165, 1.54) is 0 Å². The van der Waals surface area contributed by atoms with E-state index in [2.05, 4.69) is 27.4 Å². The quantitative estimate of drug-likeness (QED) is 0.870. The number of rotatable bonds is 2. The van der Waals surface area contributed by atoms with Crippen LogP contribution in [0, 0.1) is 6.92 Å². The molecule has 3 rings (SSSR count). The third-order valence-corrected chi connectivity index (χ3v) is 3.64. The van der Waals surface area contributed by atoms with E-state index in [4.69, 9.17) is 0 Å². The van der Waals surface area contributed by atoms with Crippen LogP contribution in [0.5, 0.6) is 0 Å². The Balaban J connectivity index is 1.76. The topological polar surface area (TPSA) is 73.9 Å². The molecule has 1 aliphatic heterocycles. The molecule has 0 aliphatic carbocycles. The molecule has 2 aromatic rings. The van der Waals surface area contributed by atoms with Gasteiger partial charge in [-0.1, -0.05) is 12.1 Å². The molecule has 1 saturated heterocycles. The molecule has 2 N–H and O–H groups in total. The molecule has 0 saturated carbocycles. The van der Waals surface area contributed by atoms with Crippen LogP contribution in [-0.2, 0) is 0 Å². The molecule has 1 fully saturated rings. The summed E-state index contributed by atoms with van der Waals surface area (Å²) >= 11 is 0. The van der Waals surface area contributed by atoms with Crippen LogP contribution >= 0.6 is 0 Å². The monoisotopic (exact) mass is 285 g/mol. The largest absolute Gasteiger partial charge is 0.336 e. The molecule has 1 aromatic heterocycles. The van der Waals surface area contributed by atoms with Crippen molar-refractivity contribution in [3.63, 3.8) is 0 Å². The third kappa shape index (κ3) is 2.95. The molecular weight excluding hydrogens is 266 g/mol. The Morgan fingerprint density at radius 1 is 1.33 bits per heavy atom. The summed E-state index contributed by atoms with van der Waals surface area (Å²) in [4.78, 5) is 18.6. The molecular formula is C15H19N5O. The number of benzene rings is 1. The molecule has 110 valence electrons. The summed E-state index contributed by atoms with van der Waals surface area (Å²) < 4.78 is 0. The van der Waals surface area contributed by atoms with Gasteiger partial charge in [0, 0.05) is 36.8 Å². The van der Waals surface area contributed by atoms with Gasteiger partial charge in [0.2, 0.25) is 0 Å². The summed E-state index contributed by atoms with van der Waals surface area (Å²) in [5.41, 5.74) is 1.62. The number of amides is 1. The fourth-order valence-electron chi connectivity index (χ4n) is 2.53. The van der Waals surface area contributed by atoms with E-state index in [0.29, 0.717) is 17.4 Å². The number of H-pyrrole nitrogens is 1. The highest BCUT2D eigenvalue weighted by molar-refractivity contribution is 5.94. The second-order valence-electron chi connectivity index (χ2n) is 5.43. The van der Waals surface area contributed by atoms with Crippen molar-refractivity contribution in [1.82, 2.24) is 25.4 Å². The summed E-state index contributed by atoms with van der Waals surface area (Å²) in [6, 6.07) is 7.81. The Bertz CT molecular complexity index is 634. The lowest BCUT2D eigenvalue weighted by molar-refractivity contribution is 0.0709. The van der Waals surface area contributed by atoms with Crippen LogP contribution in [-0.4, -0.2) is 51.7 Å². The Morgan fingerprint density at radius 3 is 2.71 bits per heavy atom. The molecule has 2 heterocycles. The Morgan fingerprint density at radius 2 is 2.10 bits per heavy atom. The number of aromatic nitrogens is 3. The first-order chi connectivity index (χ1) is 10.1. The Hall–Kier alpha value is -2.21. The third-order valence-electron chi connectivity index (χ3n) is 3.64. The van der Waals surface area contributed by atoms with Gasteiger partial charge in [0.15, 0.2) is 5.82 Å². The second kappa shape index (κ2) is 5.65. The van der Waals surface area contributed by atoms with Gasteiger partial charge in [-0.2, -0.15) is 5.10 Å². The minimum absolute atomic E-state index is 0.0843. The van der Waals surface area contributed by atoms with Crippen LogP contribution in [0.15, 0.2) is 24.3 Å². The minimum Gasteiger partial charge on any atom is -0.336 e. The van der Waals surface area contributed by atoms with Crippen molar-refractivity contribution >= 4 is 5.91 Å². The maximum absolute atomic E-state index is 12.5. The zero-order valence-electron chi connectivity index (χ0n) is 12.3. The first-order valence-corrected chi connectivity index (χ1v) is 7.15. The number of nitrogens with zero attached hydrogens (tertiary/aromatic N) is 3. The van der Waals surface area contributed by atoms with Crippen LogP contribution in [0.1, 0.15) is 23.1 Å². The summed E-state index contributed by atoms with van der Waals surface area (Å²) in [5, 5.41) is 10.3. The van der Waals surface area contributed by atoms with Crippen LogP contribution in [0.3, 0.4) is 0 Å². The zero-order chi connectivity index (χ0) is 14.8. The lowest BCUT2D eigenvalue weighted by Gasteiger charge is -2.32. The zero-order valence-corrected chi connectivity index (χ0v) is 12.3. The number of aromatic amines is 1. The number of piperazine rings is 1. The molecule has 0 bridgehead atoms. The molecule has 21 heavy (non-hydrogen) atoms. The van der Waals surface area contributed by atoms with Crippen molar-refractivity contribution in [3.05, 3.63) is 35.7 Å². The van der Waals surface area contributed by atoms with Crippen molar-refractivity contribution < 1.29 is 4.79 Å². The molecule has 1 aliphatic rings. The number of hydrogen-bond acceptors (Lipinski definition) is 4. The van der Waals surface area contributed by atoms with Crippen LogP contribution in [0.25, 0.3) is 11.4 Å². The Labute approximate surface area is 123 Å². The van der Waals surface area contributed by atoms with Gasteiger partial charge in [0.25, 0.3) is 5.91 Å². The molecule has 1 amide bonds. The van der Waals surface area contributed by atoms with Crippen molar-refractivity contribution in [2.24, 2.45) is 0 Å². The number of hydrogen-bond donors (Lipinski definition) is 2. The number of aryl methyl sites for hydroxylation is 1. The van der Waals surface area contributed by atoms with Gasteiger partial charge in [-0.25, -0.2) is 4.98 Å². The maximum atomic E-state index is 12.5. The van der Waals surface area contributed by atoms with Crippen LogP contribution in [0.2, 0.25) is 0 Å². The van der Waals surface area contributed by atoms with Gasteiger partial charge < -0.3 is 10.2 Å². The molecule has 1 atom stereocenters. The highest BCUT2D eigenvalue weighted by Crippen LogP contribution is 2.16. The summed E-state index contributed by atoms with van der Waals surface area (Å²) in [5.74, 6) is 1.52. The van der Waals surface area contributed by atoms with Crippen molar-refractivity contribution in [2.75, 3.05) is 19.6 Å². The van der Waals surface area contributed by atoms with Crippen molar-refractivity contribution in [2.45, 2.75) is 19.9 Å². The van der Waals surface area contributed by atoms with E-state index in [-0.39, 0.29) is 5.91 Å². The predicted octanol–water partition coefficient (Wildman–Crippen LogP) is 1.21. The average molecular weight is 285 g/mol. The van der Waals surface area contributed by atoms with Gasteiger partial charge in [-0.15, -0.1) is 0 Å². The highest BCUT2D eigenvalue weighted by Gasteiger charge is 2.21. The molecule has 0 spiro atoms. The highest BCUT2D eigenvalue weighted by atomic mass is 16.2. The van der Waals surface area contributed by atoms with Crippen molar-refractivity contribution in [3.8, 4) is 11.4 Å². The first-order valence-electron chi connectivity index (χ1n) is 7.15. The number of carbonyl (C=O) groups is 1. The van der Waals surface area contributed by atoms with Crippen molar-refractivity contribution in [1.29, 1.82) is 0 Å². The second-order valence-corrected chi connectivity index (χ2v) is 5.43. The van der Waals surface area contributed by atoms with Gasteiger partial charge in [0.05, 0.1) is 0 Å². The van der Waals surface area contributed by atoms with E-state index in [0.717, 1.165) is 31.0 Å². The number of carbonyl (C=O) groups excluding carboxylic acids is 1. The SMILES string of the molecule is Cc1nc(-c2ccc(C(=O)N3CCN[C@H](C)C3)cc2)n[nH]1.